The highest BCUT2D eigenvalue weighted by Crippen LogP contribution is 2.47. The highest BCUT2D eigenvalue weighted by Gasteiger charge is 2.44. The Balaban J connectivity index is 2.80. The van der Waals surface area contributed by atoms with Crippen molar-refractivity contribution >= 4 is 63.0 Å². The van der Waals surface area contributed by atoms with E-state index in [9.17, 15) is 33.4 Å². The third-order valence-electron chi connectivity index (χ3n) is 2.99. The van der Waals surface area contributed by atoms with Crippen LogP contribution in [0.2, 0.25) is 0 Å². The number of nitrogens with zero attached hydrogens (tertiary/aromatic N) is 4. The maximum Gasteiger partial charge on any atom is 0.418 e. The minimum absolute atomic E-state index is 0.123. The Hall–Kier alpha value is -1.92. The van der Waals surface area contributed by atoms with Crippen molar-refractivity contribution in [1.82, 2.24) is 0 Å². The maximum atomic E-state index is 13.3. The Morgan fingerprint density at radius 2 is 1.84 bits per heavy atom. The minimum atomic E-state index is -5.14. The van der Waals surface area contributed by atoms with Crippen molar-refractivity contribution in [3.8, 4) is 0 Å². The highest BCUT2D eigenvalue weighted by molar-refractivity contribution is 8.14. The fraction of sp³-hybridized carbons (Fsp3) is 0.273. The Kier molecular flexibility index (Phi) is 4.99. The molecule has 8 nitrogen and oxygen atoms in total. The molecule has 0 aliphatic carbocycles. The zero-order chi connectivity index (χ0) is 19.2. The van der Waals surface area contributed by atoms with Crippen molar-refractivity contribution in [2.75, 3.05) is 0 Å². The summed E-state index contributed by atoms with van der Waals surface area (Å²) in [4.78, 5) is 23.1. The van der Waals surface area contributed by atoms with Gasteiger partial charge in [-0.05, 0) is 6.92 Å². The van der Waals surface area contributed by atoms with Gasteiger partial charge in [-0.15, -0.1) is 0 Å². The van der Waals surface area contributed by atoms with Gasteiger partial charge in [-0.3, -0.25) is 20.2 Å². The van der Waals surface area contributed by atoms with Gasteiger partial charge in [0.15, 0.2) is 5.69 Å². The summed E-state index contributed by atoms with van der Waals surface area (Å²) in [6.45, 7) is 1.39. The molecule has 1 aliphatic heterocycles. The first-order valence-corrected chi connectivity index (χ1v) is 7.61. The molecule has 0 amide bonds. The second-order valence-electron chi connectivity index (χ2n) is 4.63. The lowest BCUT2D eigenvalue weighted by Crippen LogP contribution is -2.27. The molecule has 2 rings (SSSR count). The van der Waals surface area contributed by atoms with E-state index in [-0.39, 0.29) is 16.8 Å². The van der Waals surface area contributed by atoms with Crippen molar-refractivity contribution in [3.05, 3.63) is 37.9 Å². The van der Waals surface area contributed by atoms with E-state index < -0.39 is 43.0 Å². The van der Waals surface area contributed by atoms with Gasteiger partial charge >= 0.3 is 11.9 Å². The average molecular weight is 417 g/mol. The summed E-state index contributed by atoms with van der Waals surface area (Å²) >= 11 is 12.4. The second-order valence-corrected chi connectivity index (χ2v) is 6.71. The van der Waals surface area contributed by atoms with Gasteiger partial charge in [-0.25, -0.2) is 9.39 Å². The number of benzene rings is 1. The molecule has 0 radical (unpaired) electrons. The Labute approximate surface area is 151 Å². The first kappa shape index (κ1) is 19.4. The van der Waals surface area contributed by atoms with Crippen molar-refractivity contribution in [2.45, 2.75) is 17.4 Å². The lowest BCUT2D eigenvalue weighted by molar-refractivity contribution is -0.394. The van der Waals surface area contributed by atoms with Crippen LogP contribution in [0.5, 0.6) is 0 Å². The number of rotatable bonds is 3. The van der Waals surface area contributed by atoms with E-state index >= 15 is 0 Å². The minimum Gasteiger partial charge on any atom is -0.258 e. The first-order chi connectivity index (χ1) is 11.4. The van der Waals surface area contributed by atoms with Crippen LogP contribution in [0.25, 0.3) is 0 Å². The van der Waals surface area contributed by atoms with Crippen LogP contribution in [-0.2, 0) is 6.18 Å². The maximum absolute atomic E-state index is 13.3. The third kappa shape index (κ3) is 3.70. The molecule has 1 aromatic carbocycles. The van der Waals surface area contributed by atoms with E-state index in [2.05, 4.69) is 9.39 Å². The van der Waals surface area contributed by atoms with Gasteiger partial charge in [-0.1, -0.05) is 23.2 Å². The van der Waals surface area contributed by atoms with Crippen LogP contribution in [0, 0.1) is 20.2 Å². The molecule has 0 bridgehead atoms. The third-order valence-corrected chi connectivity index (χ3v) is 5.06. The van der Waals surface area contributed by atoms with Crippen LogP contribution in [0.3, 0.4) is 0 Å². The normalized spacial score (nSPS) is 18.3. The molecule has 134 valence electrons. The summed E-state index contributed by atoms with van der Waals surface area (Å²) in [6, 6.07) is 0.538. The predicted octanol–water partition coefficient (Wildman–Crippen LogP) is 4.85. The molecule has 0 saturated carbocycles. The van der Waals surface area contributed by atoms with E-state index in [0.717, 1.165) is 0 Å². The molecule has 25 heavy (non-hydrogen) atoms. The standard InChI is InChI=1S/C11H5Cl2F3N4O4S/c1-4-10(12,13)9(25-18-4)17-8-6(11(14,15)16)2-5(19(21)22)3-7(8)20(23)24/h2-3H,1H3/b17-9-. The summed E-state index contributed by atoms with van der Waals surface area (Å²) in [6.07, 6.45) is -5.14. The van der Waals surface area contributed by atoms with E-state index in [1.54, 1.807) is 0 Å². The van der Waals surface area contributed by atoms with E-state index in [1.165, 1.54) is 6.92 Å². The van der Waals surface area contributed by atoms with Gasteiger partial charge in [0.05, 0.1) is 27.2 Å². The summed E-state index contributed by atoms with van der Waals surface area (Å²) in [5.41, 5.74) is -4.98. The molecule has 1 aromatic rings. The lowest BCUT2D eigenvalue weighted by atomic mass is 10.1. The SMILES string of the molecule is CC1=NS/C(=N\c2c([N+](=O)[O-])cc([N+](=O)[O-])cc2C(F)(F)F)C1(Cl)Cl. The van der Waals surface area contributed by atoms with Crippen LogP contribution in [0.1, 0.15) is 12.5 Å². The molecule has 1 heterocycles. The van der Waals surface area contributed by atoms with E-state index in [0.29, 0.717) is 18.0 Å². The second kappa shape index (κ2) is 6.42. The molecular formula is C11H5Cl2F3N4O4S. The number of alkyl halides is 5. The highest BCUT2D eigenvalue weighted by atomic mass is 35.5. The van der Waals surface area contributed by atoms with Crippen LogP contribution in [0.15, 0.2) is 21.5 Å². The molecule has 1 aliphatic rings. The average Bonchev–Trinajstić information content (AvgIpc) is 2.72. The molecule has 0 unspecified atom stereocenters. The summed E-state index contributed by atoms with van der Waals surface area (Å²) in [7, 11) is 0. The number of hydrogen-bond donors (Lipinski definition) is 0. The Bertz CT molecular complexity index is 841. The molecular weight excluding hydrogens is 412 g/mol. The summed E-state index contributed by atoms with van der Waals surface area (Å²) < 4.78 is 41.7. The van der Waals surface area contributed by atoms with Crippen LogP contribution < -0.4 is 0 Å². The number of halogens is 5. The molecule has 0 fully saturated rings. The van der Waals surface area contributed by atoms with Gasteiger partial charge in [-0.2, -0.15) is 13.2 Å². The predicted molar refractivity (Wildman–Crippen MR) is 87.0 cm³/mol. The van der Waals surface area contributed by atoms with E-state index in [4.69, 9.17) is 23.2 Å². The zero-order valence-corrected chi connectivity index (χ0v) is 14.2. The number of nitro benzene ring substituents is 2. The molecule has 0 atom stereocenters. The fourth-order valence-corrected chi connectivity index (χ4v) is 2.99. The fourth-order valence-electron chi connectivity index (χ4n) is 1.76. The monoisotopic (exact) mass is 416 g/mol. The molecule has 0 aromatic heterocycles. The van der Waals surface area contributed by atoms with Crippen molar-refractivity contribution in [3.63, 3.8) is 0 Å². The zero-order valence-electron chi connectivity index (χ0n) is 11.9. The van der Waals surface area contributed by atoms with Gasteiger partial charge in [0, 0.05) is 18.0 Å². The van der Waals surface area contributed by atoms with Crippen LogP contribution in [-0.4, -0.2) is 24.9 Å². The topological polar surface area (TPSA) is 111 Å². The van der Waals surface area contributed by atoms with E-state index in [1.807, 2.05) is 0 Å². The van der Waals surface area contributed by atoms with Crippen molar-refractivity contribution < 1.29 is 23.0 Å². The summed E-state index contributed by atoms with van der Waals surface area (Å²) in [5.74, 6) is 0. The van der Waals surface area contributed by atoms with Crippen molar-refractivity contribution in [2.24, 2.45) is 9.39 Å². The molecule has 0 spiro atoms. The smallest absolute Gasteiger partial charge is 0.258 e. The van der Waals surface area contributed by atoms with Crippen LogP contribution >= 0.6 is 35.1 Å². The van der Waals surface area contributed by atoms with Crippen molar-refractivity contribution in [1.29, 1.82) is 0 Å². The van der Waals surface area contributed by atoms with Gasteiger partial charge in [0.25, 0.3) is 5.69 Å². The summed E-state index contributed by atoms with van der Waals surface area (Å²) in [5, 5.41) is 21.6. The number of hydrogen-bond acceptors (Lipinski definition) is 7. The lowest BCUT2D eigenvalue weighted by Gasteiger charge is -2.14. The first-order valence-electron chi connectivity index (χ1n) is 6.08. The van der Waals surface area contributed by atoms with Crippen LogP contribution in [0.4, 0.5) is 30.2 Å². The van der Waals surface area contributed by atoms with Gasteiger partial charge in [0.1, 0.15) is 5.04 Å². The number of non-ortho nitro benzene ring substituents is 1. The number of aliphatic imine (C=N–C) groups is 1. The molecule has 14 heteroatoms. The molecule has 0 saturated heterocycles. The largest absolute Gasteiger partial charge is 0.418 e. The van der Waals surface area contributed by atoms with Gasteiger partial charge in [0.2, 0.25) is 4.33 Å². The molecule has 0 N–H and O–H groups in total. The number of nitro groups is 2. The van der Waals surface area contributed by atoms with Gasteiger partial charge < -0.3 is 0 Å². The quantitative estimate of drug-likeness (QED) is 0.302. The Morgan fingerprint density at radius 1 is 1.24 bits per heavy atom. The Morgan fingerprint density at radius 3 is 2.24 bits per heavy atom.